The number of benzene rings is 1. The summed E-state index contributed by atoms with van der Waals surface area (Å²) in [5.74, 6) is 0.898. The number of carbonyl (C=O) groups is 1. The molecular weight excluding hydrogens is 485 g/mol. The molecule has 9 nitrogen and oxygen atoms in total. The van der Waals surface area contributed by atoms with Crippen molar-refractivity contribution < 1.29 is 13.9 Å². The van der Waals surface area contributed by atoms with Crippen molar-refractivity contribution in [2.24, 2.45) is 10.9 Å². The van der Waals surface area contributed by atoms with Gasteiger partial charge in [0.25, 0.3) is 6.02 Å². The number of halogens is 1. The molecule has 4 heterocycles. The van der Waals surface area contributed by atoms with E-state index < -0.39 is 0 Å². The van der Waals surface area contributed by atoms with E-state index in [1.807, 2.05) is 22.1 Å². The van der Waals surface area contributed by atoms with E-state index in [2.05, 4.69) is 15.6 Å². The first-order chi connectivity index (χ1) is 18.6. The van der Waals surface area contributed by atoms with Crippen LogP contribution in [-0.2, 0) is 4.74 Å². The Labute approximate surface area is 222 Å². The quantitative estimate of drug-likeness (QED) is 0.573. The average Bonchev–Trinajstić information content (AvgIpc) is 3.55. The van der Waals surface area contributed by atoms with Crippen LogP contribution >= 0.6 is 0 Å². The van der Waals surface area contributed by atoms with Crippen LogP contribution in [0.2, 0.25) is 0 Å². The largest absolute Gasteiger partial charge is 0.432 e. The van der Waals surface area contributed by atoms with Gasteiger partial charge in [0, 0.05) is 38.1 Å². The topological polar surface area (TPSA) is 95.0 Å². The van der Waals surface area contributed by atoms with Crippen molar-refractivity contribution in [1.82, 2.24) is 25.1 Å². The molecule has 2 aromatic rings. The molecule has 2 N–H and O–H groups in total. The highest BCUT2D eigenvalue weighted by Crippen LogP contribution is 2.43. The van der Waals surface area contributed by atoms with Gasteiger partial charge in [0.1, 0.15) is 24.2 Å². The third kappa shape index (κ3) is 5.30. The number of likely N-dealkylation sites (tertiary alicyclic amines) is 1. The summed E-state index contributed by atoms with van der Waals surface area (Å²) in [6, 6.07) is 8.52. The number of anilines is 1. The second-order valence-corrected chi connectivity index (χ2v) is 10.6. The molecule has 200 valence electrons. The second kappa shape index (κ2) is 11.0. The minimum Gasteiger partial charge on any atom is -0.432 e. The van der Waals surface area contributed by atoms with Gasteiger partial charge >= 0.3 is 6.03 Å². The van der Waals surface area contributed by atoms with E-state index in [0.29, 0.717) is 31.0 Å². The maximum Gasteiger partial charge on any atom is 0.317 e. The van der Waals surface area contributed by atoms with Crippen molar-refractivity contribution in [2.75, 3.05) is 25.0 Å². The van der Waals surface area contributed by atoms with E-state index in [1.54, 1.807) is 24.6 Å². The molecule has 2 atom stereocenters. The SMILES string of the molecule is O=C(NCC1CCCCC1)N1CCC(Nc2nccc(C3C(c4ccc(F)cc4)N=C4OC=CN43)n2)CC1. The first-order valence-electron chi connectivity index (χ1n) is 13.7. The molecule has 0 bridgehead atoms. The number of piperidine rings is 1. The fraction of sp³-hybridized carbons (Fsp3) is 0.500. The minimum atomic E-state index is -0.284. The summed E-state index contributed by atoms with van der Waals surface area (Å²) in [5.41, 5.74) is 1.68. The van der Waals surface area contributed by atoms with Gasteiger partial charge in [-0.05, 0) is 55.4 Å². The molecule has 2 fully saturated rings. The van der Waals surface area contributed by atoms with Gasteiger partial charge in [0.15, 0.2) is 0 Å². The highest BCUT2D eigenvalue weighted by atomic mass is 19.1. The van der Waals surface area contributed by atoms with Crippen LogP contribution in [0, 0.1) is 11.7 Å². The van der Waals surface area contributed by atoms with Crippen LogP contribution in [0.4, 0.5) is 15.1 Å². The Bertz CT molecular complexity index is 1190. The molecule has 3 aliphatic heterocycles. The zero-order chi connectivity index (χ0) is 25.9. The number of hydrogen-bond acceptors (Lipinski definition) is 7. The van der Waals surface area contributed by atoms with Crippen LogP contribution in [0.15, 0.2) is 54.0 Å². The van der Waals surface area contributed by atoms with E-state index in [4.69, 9.17) is 14.7 Å². The van der Waals surface area contributed by atoms with Crippen molar-refractivity contribution in [2.45, 2.75) is 63.1 Å². The maximum atomic E-state index is 13.5. The van der Waals surface area contributed by atoms with Gasteiger partial charge in [-0.25, -0.2) is 24.1 Å². The molecule has 2 unspecified atom stereocenters. The van der Waals surface area contributed by atoms with Gasteiger partial charge in [0.2, 0.25) is 5.95 Å². The maximum absolute atomic E-state index is 13.5. The smallest absolute Gasteiger partial charge is 0.317 e. The number of amides is 2. The van der Waals surface area contributed by atoms with Gasteiger partial charge in [0.05, 0.1) is 5.69 Å². The van der Waals surface area contributed by atoms with Crippen molar-refractivity contribution in [3.8, 4) is 0 Å². The number of urea groups is 1. The van der Waals surface area contributed by atoms with E-state index in [-0.39, 0.29) is 30.0 Å². The molecule has 10 heteroatoms. The summed E-state index contributed by atoms with van der Waals surface area (Å²) >= 11 is 0. The summed E-state index contributed by atoms with van der Waals surface area (Å²) < 4.78 is 19.1. The number of ether oxygens (including phenoxy) is 1. The number of carbonyl (C=O) groups excluding carboxylic acids is 1. The van der Waals surface area contributed by atoms with E-state index >= 15 is 0 Å². The molecule has 0 radical (unpaired) electrons. The Hall–Kier alpha value is -3.69. The Morgan fingerprint density at radius 2 is 1.84 bits per heavy atom. The zero-order valence-corrected chi connectivity index (χ0v) is 21.4. The van der Waals surface area contributed by atoms with Crippen LogP contribution in [0.1, 0.15) is 68.3 Å². The standard InChI is InChI=1S/C28H34FN7O2/c29-21-8-6-20(7-9-21)24-25(36-16-17-38-28(36)34-24)23-10-13-30-26(33-23)32-22-11-14-35(15-12-22)27(37)31-18-19-4-2-1-3-5-19/h6-10,13,16-17,19,22,24-25H,1-5,11-12,14-15,18H2,(H,31,37)(H,30,32,33). The number of hydrogen-bond donors (Lipinski definition) is 2. The van der Waals surface area contributed by atoms with Gasteiger partial charge in [-0.2, -0.15) is 0 Å². The van der Waals surface area contributed by atoms with Crippen LogP contribution in [0.3, 0.4) is 0 Å². The lowest BCUT2D eigenvalue weighted by Gasteiger charge is -2.33. The lowest BCUT2D eigenvalue weighted by Crippen LogP contribution is -2.48. The molecule has 1 aliphatic carbocycles. The second-order valence-electron chi connectivity index (χ2n) is 10.6. The van der Waals surface area contributed by atoms with E-state index in [1.165, 1.54) is 44.2 Å². The van der Waals surface area contributed by atoms with Gasteiger partial charge in [-0.1, -0.05) is 31.4 Å². The highest BCUT2D eigenvalue weighted by Gasteiger charge is 2.41. The summed E-state index contributed by atoms with van der Waals surface area (Å²) in [7, 11) is 0. The number of rotatable bonds is 6. The first kappa shape index (κ1) is 24.6. The summed E-state index contributed by atoms with van der Waals surface area (Å²) in [5, 5.41) is 6.63. The number of aliphatic imine (C=N–C) groups is 1. The third-order valence-corrected chi connectivity index (χ3v) is 8.04. The van der Waals surface area contributed by atoms with Gasteiger partial charge in [-0.15, -0.1) is 0 Å². The van der Waals surface area contributed by atoms with E-state index in [0.717, 1.165) is 30.6 Å². The molecule has 2 amide bonds. The normalized spacial score (nSPS) is 23.7. The summed E-state index contributed by atoms with van der Waals surface area (Å²) in [6.45, 7) is 2.20. The fourth-order valence-corrected chi connectivity index (χ4v) is 5.90. The summed E-state index contributed by atoms with van der Waals surface area (Å²) in [6.07, 6.45) is 13.2. The number of amidine groups is 1. The minimum absolute atomic E-state index is 0.0528. The molecule has 1 aromatic heterocycles. The van der Waals surface area contributed by atoms with Crippen LogP contribution in [0.5, 0.6) is 0 Å². The highest BCUT2D eigenvalue weighted by molar-refractivity contribution is 5.80. The molecule has 38 heavy (non-hydrogen) atoms. The molecular formula is C28H34FN7O2. The van der Waals surface area contributed by atoms with Crippen LogP contribution in [0.25, 0.3) is 0 Å². The average molecular weight is 520 g/mol. The number of aromatic nitrogens is 2. The first-order valence-corrected chi connectivity index (χ1v) is 13.7. The Morgan fingerprint density at radius 3 is 2.63 bits per heavy atom. The predicted molar refractivity (Wildman–Crippen MR) is 142 cm³/mol. The van der Waals surface area contributed by atoms with Crippen molar-refractivity contribution in [3.63, 3.8) is 0 Å². The van der Waals surface area contributed by atoms with Gasteiger partial charge < -0.3 is 20.3 Å². The molecule has 1 saturated carbocycles. The van der Waals surface area contributed by atoms with Crippen molar-refractivity contribution in [3.05, 3.63) is 66.1 Å². The van der Waals surface area contributed by atoms with Gasteiger partial charge in [-0.3, -0.25) is 4.90 Å². The zero-order valence-electron chi connectivity index (χ0n) is 21.4. The van der Waals surface area contributed by atoms with E-state index in [9.17, 15) is 9.18 Å². The monoisotopic (exact) mass is 519 g/mol. The van der Waals surface area contributed by atoms with Crippen LogP contribution < -0.4 is 10.6 Å². The number of fused-ring (bicyclic) bond motifs is 1. The lowest BCUT2D eigenvalue weighted by molar-refractivity contribution is 0.180. The lowest BCUT2D eigenvalue weighted by atomic mass is 9.89. The van der Waals surface area contributed by atoms with Crippen LogP contribution in [-0.4, -0.2) is 57.5 Å². The van der Waals surface area contributed by atoms with Crippen molar-refractivity contribution >= 4 is 18.0 Å². The summed E-state index contributed by atoms with van der Waals surface area (Å²) in [4.78, 5) is 30.6. The Morgan fingerprint density at radius 1 is 1.05 bits per heavy atom. The molecule has 0 spiro atoms. The predicted octanol–water partition coefficient (Wildman–Crippen LogP) is 4.74. The number of nitrogens with one attached hydrogen (secondary N) is 2. The molecule has 4 aliphatic rings. The fourth-order valence-electron chi connectivity index (χ4n) is 5.90. The number of nitrogens with zero attached hydrogens (tertiary/aromatic N) is 5. The molecule has 1 aromatic carbocycles. The Balaban J connectivity index is 1.07. The molecule has 1 saturated heterocycles. The molecule has 6 rings (SSSR count). The third-order valence-electron chi connectivity index (χ3n) is 8.04. The van der Waals surface area contributed by atoms with Crippen molar-refractivity contribution in [1.29, 1.82) is 0 Å². The Kier molecular flexibility index (Phi) is 7.11.